The predicted molar refractivity (Wildman–Crippen MR) is 57.4 cm³/mol. The van der Waals surface area contributed by atoms with Crippen LogP contribution < -0.4 is 5.90 Å². The summed E-state index contributed by atoms with van der Waals surface area (Å²) in [6.07, 6.45) is -0.0526. The van der Waals surface area contributed by atoms with Crippen LogP contribution in [-0.2, 0) is 14.3 Å². The molecule has 6 nitrogen and oxygen atoms in total. The maximum Gasteiger partial charge on any atom is 0.412 e. The predicted octanol–water partition coefficient (Wildman–Crippen LogP) is 0.860. The van der Waals surface area contributed by atoms with E-state index in [0.29, 0.717) is 13.2 Å². The molecule has 0 unspecified atom stereocenters. The SMILES string of the molecule is CC(C)(C)OC(=O)N1CCCO[C@H]1CON. The van der Waals surface area contributed by atoms with Gasteiger partial charge in [0, 0.05) is 6.54 Å². The summed E-state index contributed by atoms with van der Waals surface area (Å²) in [6.45, 7) is 6.83. The highest BCUT2D eigenvalue weighted by molar-refractivity contribution is 5.68. The first kappa shape index (κ1) is 13.2. The molecule has 0 aliphatic carbocycles. The van der Waals surface area contributed by atoms with Crippen LogP contribution in [0.1, 0.15) is 27.2 Å². The molecule has 1 amide bonds. The maximum atomic E-state index is 11.8. The van der Waals surface area contributed by atoms with E-state index in [4.69, 9.17) is 15.4 Å². The van der Waals surface area contributed by atoms with E-state index in [1.807, 2.05) is 20.8 Å². The summed E-state index contributed by atoms with van der Waals surface area (Å²) >= 11 is 0. The topological polar surface area (TPSA) is 74.0 Å². The maximum absolute atomic E-state index is 11.8. The zero-order chi connectivity index (χ0) is 12.2. The summed E-state index contributed by atoms with van der Waals surface area (Å²) < 4.78 is 10.7. The zero-order valence-electron chi connectivity index (χ0n) is 10.1. The van der Waals surface area contributed by atoms with E-state index in [1.165, 1.54) is 4.90 Å². The molecule has 0 aromatic rings. The Bertz CT molecular complexity index is 237. The Kier molecular flexibility index (Phi) is 4.52. The average Bonchev–Trinajstić information content (AvgIpc) is 2.16. The van der Waals surface area contributed by atoms with E-state index in [-0.39, 0.29) is 6.61 Å². The van der Waals surface area contributed by atoms with Gasteiger partial charge >= 0.3 is 6.09 Å². The van der Waals surface area contributed by atoms with Crippen molar-refractivity contribution in [2.24, 2.45) is 5.90 Å². The molecule has 1 aliphatic heterocycles. The van der Waals surface area contributed by atoms with Gasteiger partial charge in [0.15, 0.2) is 6.23 Å². The average molecular weight is 232 g/mol. The van der Waals surface area contributed by atoms with Crippen LogP contribution in [0, 0.1) is 0 Å². The van der Waals surface area contributed by atoms with E-state index < -0.39 is 17.9 Å². The van der Waals surface area contributed by atoms with Crippen LogP contribution in [0.4, 0.5) is 4.79 Å². The van der Waals surface area contributed by atoms with Crippen LogP contribution in [0.2, 0.25) is 0 Å². The highest BCUT2D eigenvalue weighted by Gasteiger charge is 2.31. The zero-order valence-corrected chi connectivity index (χ0v) is 10.1. The molecule has 16 heavy (non-hydrogen) atoms. The minimum Gasteiger partial charge on any atom is -0.444 e. The van der Waals surface area contributed by atoms with Crippen molar-refractivity contribution in [3.05, 3.63) is 0 Å². The lowest BCUT2D eigenvalue weighted by Crippen LogP contribution is -2.50. The van der Waals surface area contributed by atoms with Gasteiger partial charge in [0.25, 0.3) is 0 Å². The molecule has 0 spiro atoms. The first-order valence-corrected chi connectivity index (χ1v) is 5.37. The number of rotatable bonds is 2. The fraction of sp³-hybridized carbons (Fsp3) is 0.900. The molecule has 0 saturated carbocycles. The van der Waals surface area contributed by atoms with Gasteiger partial charge in [-0.05, 0) is 27.2 Å². The Morgan fingerprint density at radius 3 is 2.81 bits per heavy atom. The van der Waals surface area contributed by atoms with Crippen LogP contribution in [-0.4, -0.2) is 42.6 Å². The second-order valence-corrected chi connectivity index (χ2v) is 4.69. The quantitative estimate of drug-likeness (QED) is 0.715. The number of hydrogen-bond acceptors (Lipinski definition) is 5. The van der Waals surface area contributed by atoms with Crippen LogP contribution in [0.15, 0.2) is 0 Å². The largest absolute Gasteiger partial charge is 0.444 e. The monoisotopic (exact) mass is 232 g/mol. The number of carbonyl (C=O) groups excluding carboxylic acids is 1. The molecule has 1 rings (SSSR count). The van der Waals surface area contributed by atoms with Crippen LogP contribution in [0.3, 0.4) is 0 Å². The third-order valence-electron chi connectivity index (χ3n) is 2.07. The summed E-state index contributed by atoms with van der Waals surface area (Å²) in [5.74, 6) is 4.99. The lowest BCUT2D eigenvalue weighted by molar-refractivity contribution is -0.126. The Balaban J connectivity index is 2.57. The van der Waals surface area contributed by atoms with Gasteiger partial charge in [-0.3, -0.25) is 9.74 Å². The molecule has 0 aromatic heterocycles. The normalized spacial score (nSPS) is 22.0. The van der Waals surface area contributed by atoms with Gasteiger partial charge in [-0.15, -0.1) is 0 Å². The fourth-order valence-corrected chi connectivity index (χ4v) is 1.44. The third kappa shape index (κ3) is 3.96. The van der Waals surface area contributed by atoms with Crippen LogP contribution in [0.25, 0.3) is 0 Å². The highest BCUT2D eigenvalue weighted by Crippen LogP contribution is 2.16. The Labute approximate surface area is 95.6 Å². The number of hydrogen-bond donors (Lipinski definition) is 1. The first-order valence-electron chi connectivity index (χ1n) is 5.37. The van der Waals surface area contributed by atoms with E-state index in [2.05, 4.69) is 4.84 Å². The molecule has 1 saturated heterocycles. The molecule has 6 heteroatoms. The molecule has 1 heterocycles. The van der Waals surface area contributed by atoms with Crippen molar-refractivity contribution >= 4 is 6.09 Å². The molecular formula is C10H20N2O4. The lowest BCUT2D eigenvalue weighted by atomic mass is 10.2. The molecule has 1 atom stereocenters. The summed E-state index contributed by atoms with van der Waals surface area (Å²) in [5.41, 5.74) is -0.511. The molecule has 1 aliphatic rings. The van der Waals surface area contributed by atoms with Crippen LogP contribution >= 0.6 is 0 Å². The van der Waals surface area contributed by atoms with E-state index in [0.717, 1.165) is 6.42 Å². The van der Waals surface area contributed by atoms with Crippen molar-refractivity contribution in [3.8, 4) is 0 Å². The summed E-state index contributed by atoms with van der Waals surface area (Å²) in [6, 6.07) is 0. The van der Waals surface area contributed by atoms with Gasteiger partial charge in [0.2, 0.25) is 0 Å². The Morgan fingerprint density at radius 1 is 1.56 bits per heavy atom. The van der Waals surface area contributed by atoms with Crippen molar-refractivity contribution in [1.29, 1.82) is 0 Å². The van der Waals surface area contributed by atoms with Crippen molar-refractivity contribution in [2.75, 3.05) is 19.8 Å². The minimum absolute atomic E-state index is 0.152. The molecular weight excluding hydrogens is 212 g/mol. The highest BCUT2D eigenvalue weighted by atomic mass is 16.6. The van der Waals surface area contributed by atoms with Crippen molar-refractivity contribution in [2.45, 2.75) is 39.0 Å². The number of carbonyl (C=O) groups is 1. The molecule has 2 N–H and O–H groups in total. The first-order chi connectivity index (χ1) is 7.44. The summed E-state index contributed by atoms with van der Waals surface area (Å²) in [5, 5.41) is 0. The van der Waals surface area contributed by atoms with Gasteiger partial charge < -0.3 is 9.47 Å². The van der Waals surface area contributed by atoms with E-state index in [1.54, 1.807) is 0 Å². The van der Waals surface area contributed by atoms with Gasteiger partial charge in [0.05, 0.1) is 6.61 Å². The third-order valence-corrected chi connectivity index (χ3v) is 2.07. The van der Waals surface area contributed by atoms with E-state index in [9.17, 15) is 4.79 Å². The summed E-state index contributed by atoms with van der Waals surface area (Å²) in [4.78, 5) is 17.8. The van der Waals surface area contributed by atoms with Crippen molar-refractivity contribution in [3.63, 3.8) is 0 Å². The number of nitrogens with zero attached hydrogens (tertiary/aromatic N) is 1. The van der Waals surface area contributed by atoms with Crippen molar-refractivity contribution < 1.29 is 19.1 Å². The van der Waals surface area contributed by atoms with Crippen LogP contribution in [0.5, 0.6) is 0 Å². The van der Waals surface area contributed by atoms with Crippen molar-refractivity contribution in [1.82, 2.24) is 4.90 Å². The fourth-order valence-electron chi connectivity index (χ4n) is 1.44. The Morgan fingerprint density at radius 2 is 2.25 bits per heavy atom. The molecule has 1 fully saturated rings. The van der Waals surface area contributed by atoms with Gasteiger partial charge in [-0.2, -0.15) is 0 Å². The molecule has 0 bridgehead atoms. The second-order valence-electron chi connectivity index (χ2n) is 4.69. The van der Waals surface area contributed by atoms with Gasteiger partial charge in [-0.1, -0.05) is 0 Å². The number of ether oxygens (including phenoxy) is 2. The summed E-state index contributed by atoms with van der Waals surface area (Å²) in [7, 11) is 0. The van der Waals surface area contributed by atoms with E-state index >= 15 is 0 Å². The van der Waals surface area contributed by atoms with Gasteiger partial charge in [0.1, 0.15) is 12.2 Å². The number of amides is 1. The minimum atomic E-state index is -0.511. The Hall–Kier alpha value is -0.850. The second kappa shape index (κ2) is 5.47. The van der Waals surface area contributed by atoms with Gasteiger partial charge in [-0.25, -0.2) is 10.7 Å². The molecule has 0 radical (unpaired) electrons. The molecule has 0 aromatic carbocycles. The smallest absolute Gasteiger partial charge is 0.412 e. The standard InChI is InChI=1S/C10H20N2O4/c1-10(2,3)16-9(13)12-5-4-6-14-8(12)7-15-11/h8H,4-7,11H2,1-3H3/t8-/m0/s1. The number of nitrogens with two attached hydrogens (primary N) is 1. The molecule has 94 valence electrons. The lowest BCUT2D eigenvalue weighted by Gasteiger charge is -2.35.